The number of thioether (sulfide) groups is 1. The molecular formula is C29H30N2O3S. The van der Waals surface area contributed by atoms with Gasteiger partial charge in [-0.15, -0.1) is 0 Å². The second kappa shape index (κ2) is 11.3. The zero-order chi connectivity index (χ0) is 24.8. The monoisotopic (exact) mass is 486 g/mol. The zero-order valence-electron chi connectivity index (χ0n) is 20.6. The first-order valence-electron chi connectivity index (χ1n) is 11.9. The molecule has 1 amide bonds. The standard InChI is InChI=1S/C29H30N2O3S/c1-5-21-12-8-10-14-23(21)30-29-31(24-15-11-9-13-22(24)6-2)28(32)27(35-29)19-20-16-17-25(33-4)26(18-20)34-7-3/h8-19H,5-7H2,1-4H3/b27-19+,30-29?. The molecule has 6 heteroatoms. The molecular weight excluding hydrogens is 456 g/mol. The van der Waals surface area contributed by atoms with Crippen LogP contribution in [0, 0.1) is 0 Å². The van der Waals surface area contributed by atoms with Gasteiger partial charge in [0.05, 0.1) is 30.0 Å². The van der Waals surface area contributed by atoms with E-state index in [9.17, 15) is 4.79 Å². The van der Waals surface area contributed by atoms with Gasteiger partial charge >= 0.3 is 0 Å². The summed E-state index contributed by atoms with van der Waals surface area (Å²) in [6.45, 7) is 6.67. The highest BCUT2D eigenvalue weighted by Crippen LogP contribution is 2.40. The van der Waals surface area contributed by atoms with Crippen LogP contribution >= 0.6 is 11.8 Å². The van der Waals surface area contributed by atoms with Crippen LogP contribution in [0.1, 0.15) is 37.5 Å². The second-order valence-electron chi connectivity index (χ2n) is 7.95. The summed E-state index contributed by atoms with van der Waals surface area (Å²) in [7, 11) is 1.62. The molecule has 1 fully saturated rings. The first-order valence-corrected chi connectivity index (χ1v) is 12.7. The van der Waals surface area contributed by atoms with Crippen LogP contribution in [0.4, 0.5) is 11.4 Å². The Morgan fingerprint density at radius 3 is 2.34 bits per heavy atom. The van der Waals surface area contributed by atoms with Crippen LogP contribution in [-0.4, -0.2) is 24.8 Å². The van der Waals surface area contributed by atoms with Gasteiger partial charge in [-0.05, 0) is 78.6 Å². The Hall–Kier alpha value is -3.51. The van der Waals surface area contributed by atoms with Crippen molar-refractivity contribution in [2.75, 3.05) is 18.6 Å². The summed E-state index contributed by atoms with van der Waals surface area (Å²) in [4.78, 5) is 21.1. The van der Waals surface area contributed by atoms with E-state index in [-0.39, 0.29) is 5.91 Å². The minimum atomic E-state index is -0.0857. The van der Waals surface area contributed by atoms with Gasteiger partial charge in [-0.3, -0.25) is 9.69 Å². The lowest BCUT2D eigenvalue weighted by atomic mass is 10.1. The highest BCUT2D eigenvalue weighted by atomic mass is 32.2. The van der Waals surface area contributed by atoms with Gasteiger partial charge in [0.25, 0.3) is 5.91 Å². The molecule has 0 atom stereocenters. The van der Waals surface area contributed by atoms with E-state index in [0.717, 1.165) is 40.9 Å². The van der Waals surface area contributed by atoms with E-state index in [2.05, 4.69) is 26.0 Å². The minimum absolute atomic E-state index is 0.0857. The number of aryl methyl sites for hydroxylation is 2. The van der Waals surface area contributed by atoms with Crippen molar-refractivity contribution in [3.8, 4) is 11.5 Å². The lowest BCUT2D eigenvalue weighted by molar-refractivity contribution is -0.113. The Morgan fingerprint density at radius 1 is 0.914 bits per heavy atom. The molecule has 0 unspecified atom stereocenters. The number of para-hydroxylation sites is 2. The van der Waals surface area contributed by atoms with Crippen molar-refractivity contribution in [2.24, 2.45) is 4.99 Å². The average Bonchev–Trinajstić information content (AvgIpc) is 3.18. The minimum Gasteiger partial charge on any atom is -0.493 e. The molecule has 0 bridgehead atoms. The molecule has 180 valence electrons. The molecule has 0 aromatic heterocycles. The fraction of sp³-hybridized carbons (Fsp3) is 0.241. The van der Waals surface area contributed by atoms with E-state index in [1.807, 2.05) is 67.6 Å². The molecule has 1 saturated heterocycles. The zero-order valence-corrected chi connectivity index (χ0v) is 21.4. The van der Waals surface area contributed by atoms with Gasteiger partial charge in [0, 0.05) is 0 Å². The molecule has 3 aromatic carbocycles. The summed E-state index contributed by atoms with van der Waals surface area (Å²) in [6.07, 6.45) is 3.58. The van der Waals surface area contributed by atoms with Gasteiger partial charge < -0.3 is 9.47 Å². The van der Waals surface area contributed by atoms with Gasteiger partial charge in [-0.2, -0.15) is 0 Å². The Balaban J connectivity index is 1.81. The number of benzene rings is 3. The molecule has 1 aliphatic rings. The maximum Gasteiger partial charge on any atom is 0.271 e. The van der Waals surface area contributed by atoms with E-state index in [1.165, 1.54) is 11.8 Å². The average molecular weight is 487 g/mol. The molecule has 0 N–H and O–H groups in total. The molecule has 0 aliphatic carbocycles. The highest BCUT2D eigenvalue weighted by Gasteiger charge is 2.35. The predicted octanol–water partition coefficient (Wildman–Crippen LogP) is 7.03. The Kier molecular flexibility index (Phi) is 7.93. The molecule has 1 aliphatic heterocycles. The van der Waals surface area contributed by atoms with Crippen molar-refractivity contribution in [2.45, 2.75) is 33.6 Å². The molecule has 0 saturated carbocycles. The highest BCUT2D eigenvalue weighted by molar-refractivity contribution is 8.19. The van der Waals surface area contributed by atoms with Gasteiger partial charge in [-0.1, -0.05) is 56.3 Å². The molecule has 0 radical (unpaired) electrons. The summed E-state index contributed by atoms with van der Waals surface area (Å²) in [5.41, 5.74) is 4.86. The first-order chi connectivity index (χ1) is 17.1. The smallest absolute Gasteiger partial charge is 0.271 e. The van der Waals surface area contributed by atoms with Crippen molar-refractivity contribution in [3.63, 3.8) is 0 Å². The van der Waals surface area contributed by atoms with Crippen LogP contribution in [0.15, 0.2) is 76.6 Å². The SMILES string of the molecule is CCOc1cc(/C=C2/SC(=Nc3ccccc3CC)N(c3ccccc3CC)C2=O)ccc1OC. The van der Waals surface area contributed by atoms with Gasteiger partial charge in [0.1, 0.15) is 0 Å². The normalized spacial score (nSPS) is 15.8. The Labute approximate surface area is 211 Å². The molecule has 0 spiro atoms. The number of carbonyl (C=O) groups excluding carboxylic acids is 1. The molecule has 4 rings (SSSR count). The predicted molar refractivity (Wildman–Crippen MR) is 146 cm³/mol. The van der Waals surface area contributed by atoms with E-state index in [1.54, 1.807) is 12.0 Å². The summed E-state index contributed by atoms with van der Waals surface area (Å²) in [5, 5.41) is 0.654. The number of anilines is 1. The van der Waals surface area contributed by atoms with Gasteiger partial charge in [0.15, 0.2) is 16.7 Å². The van der Waals surface area contributed by atoms with E-state index < -0.39 is 0 Å². The van der Waals surface area contributed by atoms with Crippen molar-refractivity contribution < 1.29 is 14.3 Å². The maximum atomic E-state index is 13.8. The van der Waals surface area contributed by atoms with Crippen molar-refractivity contribution >= 4 is 40.3 Å². The van der Waals surface area contributed by atoms with E-state index in [0.29, 0.717) is 28.2 Å². The number of ether oxygens (including phenoxy) is 2. The van der Waals surface area contributed by atoms with Crippen LogP contribution in [0.3, 0.4) is 0 Å². The second-order valence-corrected chi connectivity index (χ2v) is 8.96. The largest absolute Gasteiger partial charge is 0.493 e. The number of rotatable bonds is 8. The van der Waals surface area contributed by atoms with Gasteiger partial charge in [-0.25, -0.2) is 4.99 Å². The number of nitrogens with zero attached hydrogens (tertiary/aromatic N) is 2. The summed E-state index contributed by atoms with van der Waals surface area (Å²) < 4.78 is 11.1. The fourth-order valence-corrected chi connectivity index (χ4v) is 5.00. The molecule has 35 heavy (non-hydrogen) atoms. The number of aliphatic imine (C=N–C) groups is 1. The number of methoxy groups -OCH3 is 1. The Morgan fingerprint density at radius 2 is 1.63 bits per heavy atom. The summed E-state index contributed by atoms with van der Waals surface area (Å²) in [6, 6.07) is 21.8. The van der Waals surface area contributed by atoms with Crippen LogP contribution in [0.25, 0.3) is 6.08 Å². The Bertz CT molecular complexity index is 1280. The van der Waals surface area contributed by atoms with Crippen LogP contribution in [0.2, 0.25) is 0 Å². The number of hydrogen-bond donors (Lipinski definition) is 0. The summed E-state index contributed by atoms with van der Waals surface area (Å²) in [5.74, 6) is 1.23. The third-order valence-electron chi connectivity index (χ3n) is 5.79. The fourth-order valence-electron chi connectivity index (χ4n) is 4.01. The van der Waals surface area contributed by atoms with Gasteiger partial charge in [0.2, 0.25) is 0 Å². The first kappa shape index (κ1) is 24.6. The van der Waals surface area contributed by atoms with Crippen molar-refractivity contribution in [1.82, 2.24) is 0 Å². The van der Waals surface area contributed by atoms with Crippen LogP contribution in [0.5, 0.6) is 11.5 Å². The number of amides is 1. The van der Waals surface area contributed by atoms with Crippen molar-refractivity contribution in [3.05, 3.63) is 88.3 Å². The molecule has 5 nitrogen and oxygen atoms in total. The lowest BCUT2D eigenvalue weighted by Gasteiger charge is -2.19. The topological polar surface area (TPSA) is 51.1 Å². The van der Waals surface area contributed by atoms with E-state index >= 15 is 0 Å². The van der Waals surface area contributed by atoms with E-state index in [4.69, 9.17) is 14.5 Å². The third kappa shape index (κ3) is 5.28. The summed E-state index contributed by atoms with van der Waals surface area (Å²) >= 11 is 1.39. The van der Waals surface area contributed by atoms with Crippen LogP contribution in [-0.2, 0) is 17.6 Å². The quantitative estimate of drug-likeness (QED) is 0.321. The maximum absolute atomic E-state index is 13.8. The van der Waals surface area contributed by atoms with Crippen molar-refractivity contribution in [1.29, 1.82) is 0 Å². The number of carbonyl (C=O) groups is 1. The number of hydrogen-bond acceptors (Lipinski definition) is 5. The lowest BCUT2D eigenvalue weighted by Crippen LogP contribution is -2.29. The molecule has 3 aromatic rings. The van der Waals surface area contributed by atoms with Crippen LogP contribution < -0.4 is 14.4 Å². The number of amidine groups is 1. The molecule has 1 heterocycles. The third-order valence-corrected chi connectivity index (χ3v) is 6.76.